The third kappa shape index (κ3) is 3.89. The molecule has 0 radical (unpaired) electrons. The van der Waals surface area contributed by atoms with Crippen molar-refractivity contribution in [3.63, 3.8) is 0 Å². The van der Waals surface area contributed by atoms with Gasteiger partial charge in [-0.15, -0.1) is 0 Å². The quantitative estimate of drug-likeness (QED) is 0.657. The Hall–Kier alpha value is -1.20. The number of benzene rings is 1. The van der Waals surface area contributed by atoms with Crippen molar-refractivity contribution in [3.05, 3.63) is 35.6 Å². The highest BCUT2D eigenvalue weighted by Gasteiger charge is 2.45. The number of piperidine rings is 2. The molecule has 2 fully saturated rings. The highest BCUT2D eigenvalue weighted by Crippen LogP contribution is 2.44. The second kappa shape index (κ2) is 7.08. The van der Waals surface area contributed by atoms with Gasteiger partial charge in [0.15, 0.2) is 8.32 Å². The van der Waals surface area contributed by atoms with E-state index in [1.807, 2.05) is 11.0 Å². The Morgan fingerprint density at radius 1 is 1.23 bits per heavy atom. The standard InChI is InChI=1S/C21H32FNO2Si/c1-21(2,3)26(4,5)25-18-13-17-10-7-11-20(24)23(17)19(14-18)15-8-6-9-16(22)12-15/h6,8-9,12,17-19H,7,10-11,13-14H2,1-5H3/t17-,18+,19+/m1/s1. The van der Waals surface area contributed by atoms with E-state index in [4.69, 9.17) is 4.43 Å². The number of fused-ring (bicyclic) bond motifs is 1. The van der Waals surface area contributed by atoms with Crippen LogP contribution in [0.4, 0.5) is 4.39 Å². The number of hydrogen-bond acceptors (Lipinski definition) is 2. The molecule has 3 rings (SSSR count). The van der Waals surface area contributed by atoms with Crippen molar-refractivity contribution < 1.29 is 13.6 Å². The van der Waals surface area contributed by atoms with Gasteiger partial charge >= 0.3 is 0 Å². The largest absolute Gasteiger partial charge is 0.414 e. The minimum Gasteiger partial charge on any atom is -0.414 e. The van der Waals surface area contributed by atoms with Crippen LogP contribution in [0, 0.1) is 5.82 Å². The predicted octanol–water partition coefficient (Wildman–Crippen LogP) is 5.43. The van der Waals surface area contributed by atoms with Gasteiger partial charge in [0.1, 0.15) is 5.82 Å². The Balaban J connectivity index is 1.89. The Kier molecular flexibility index (Phi) is 5.32. The average molecular weight is 378 g/mol. The molecule has 1 aromatic rings. The van der Waals surface area contributed by atoms with Crippen LogP contribution < -0.4 is 0 Å². The summed E-state index contributed by atoms with van der Waals surface area (Å²) in [4.78, 5) is 14.7. The zero-order valence-corrected chi connectivity index (χ0v) is 17.7. The molecule has 2 aliphatic rings. The molecule has 5 heteroatoms. The van der Waals surface area contributed by atoms with Crippen LogP contribution in [0.3, 0.4) is 0 Å². The monoisotopic (exact) mass is 377 g/mol. The summed E-state index contributed by atoms with van der Waals surface area (Å²) in [6.07, 6.45) is 4.38. The molecule has 144 valence electrons. The first-order chi connectivity index (χ1) is 12.1. The molecule has 3 atom stereocenters. The van der Waals surface area contributed by atoms with E-state index in [9.17, 15) is 9.18 Å². The fraction of sp³-hybridized carbons (Fsp3) is 0.667. The molecule has 0 aliphatic carbocycles. The number of halogens is 1. The normalized spacial score (nSPS) is 27.4. The number of carbonyl (C=O) groups is 1. The SMILES string of the molecule is CC(C)(C)[Si](C)(C)O[C@H]1C[C@H]2CCCC(=O)N2[C@H](c2cccc(F)c2)C1. The maximum atomic E-state index is 13.8. The first-order valence-electron chi connectivity index (χ1n) is 9.83. The molecule has 1 amide bonds. The zero-order chi connectivity index (χ0) is 19.1. The van der Waals surface area contributed by atoms with Crippen molar-refractivity contribution in [1.82, 2.24) is 4.90 Å². The summed E-state index contributed by atoms with van der Waals surface area (Å²) in [5.41, 5.74) is 0.897. The summed E-state index contributed by atoms with van der Waals surface area (Å²) in [6, 6.07) is 6.87. The highest BCUT2D eigenvalue weighted by molar-refractivity contribution is 6.74. The lowest BCUT2D eigenvalue weighted by atomic mass is 9.84. The average Bonchev–Trinajstić information content (AvgIpc) is 2.53. The molecule has 0 saturated carbocycles. The second-order valence-electron chi connectivity index (χ2n) is 9.39. The minimum atomic E-state index is -1.88. The van der Waals surface area contributed by atoms with Crippen LogP contribution in [0.1, 0.15) is 64.5 Å². The van der Waals surface area contributed by atoms with Crippen molar-refractivity contribution in [1.29, 1.82) is 0 Å². The van der Waals surface area contributed by atoms with Crippen molar-refractivity contribution >= 4 is 14.2 Å². The van der Waals surface area contributed by atoms with Gasteiger partial charge in [-0.25, -0.2) is 4.39 Å². The number of carbonyl (C=O) groups excluding carboxylic acids is 1. The van der Waals surface area contributed by atoms with Gasteiger partial charge in [0.05, 0.1) is 6.04 Å². The summed E-state index contributed by atoms with van der Waals surface area (Å²) in [5.74, 6) is -0.0303. The minimum absolute atomic E-state index is 0.0768. The van der Waals surface area contributed by atoms with Gasteiger partial charge in [-0.1, -0.05) is 32.9 Å². The summed E-state index contributed by atoms with van der Waals surface area (Å²) < 4.78 is 20.6. The maximum Gasteiger partial charge on any atom is 0.223 e. The molecule has 2 saturated heterocycles. The molecule has 0 bridgehead atoms. The van der Waals surface area contributed by atoms with E-state index in [1.54, 1.807) is 12.1 Å². The van der Waals surface area contributed by atoms with Gasteiger partial charge < -0.3 is 9.33 Å². The summed E-state index contributed by atoms with van der Waals surface area (Å²) in [7, 11) is -1.88. The number of rotatable bonds is 3. The van der Waals surface area contributed by atoms with E-state index in [1.165, 1.54) is 6.07 Å². The van der Waals surface area contributed by atoms with Crippen molar-refractivity contribution in [2.75, 3.05) is 0 Å². The van der Waals surface area contributed by atoms with Crippen LogP contribution in [0.5, 0.6) is 0 Å². The van der Waals surface area contributed by atoms with Crippen LogP contribution in [-0.2, 0) is 9.22 Å². The maximum absolute atomic E-state index is 13.8. The van der Waals surface area contributed by atoms with Gasteiger partial charge in [0, 0.05) is 18.6 Å². The van der Waals surface area contributed by atoms with Crippen molar-refractivity contribution in [2.24, 2.45) is 0 Å². The molecule has 0 aromatic heterocycles. The van der Waals surface area contributed by atoms with E-state index >= 15 is 0 Å². The molecule has 0 spiro atoms. The molecular formula is C21H32FNO2Si. The van der Waals surface area contributed by atoms with E-state index in [-0.39, 0.29) is 35.0 Å². The zero-order valence-electron chi connectivity index (χ0n) is 16.7. The topological polar surface area (TPSA) is 29.5 Å². The lowest BCUT2D eigenvalue weighted by molar-refractivity contribution is -0.144. The number of nitrogens with zero attached hydrogens (tertiary/aromatic N) is 1. The third-order valence-electron chi connectivity index (χ3n) is 6.47. The summed E-state index contributed by atoms with van der Waals surface area (Å²) in [5, 5.41) is 0.154. The molecule has 3 nitrogen and oxygen atoms in total. The molecule has 2 heterocycles. The van der Waals surface area contributed by atoms with Crippen LogP contribution in [-0.4, -0.2) is 31.3 Å². The van der Waals surface area contributed by atoms with Crippen molar-refractivity contribution in [3.8, 4) is 0 Å². The first-order valence-corrected chi connectivity index (χ1v) is 12.7. The second-order valence-corrected chi connectivity index (χ2v) is 14.1. The fourth-order valence-corrected chi connectivity index (χ4v) is 5.46. The van der Waals surface area contributed by atoms with Gasteiger partial charge in [-0.3, -0.25) is 4.79 Å². The molecule has 26 heavy (non-hydrogen) atoms. The van der Waals surface area contributed by atoms with E-state index in [2.05, 4.69) is 33.9 Å². The Morgan fingerprint density at radius 2 is 1.96 bits per heavy atom. The van der Waals surface area contributed by atoms with Gasteiger partial charge in [-0.05, 0) is 61.5 Å². The molecule has 0 N–H and O–H groups in total. The van der Waals surface area contributed by atoms with Crippen LogP contribution in [0.2, 0.25) is 18.1 Å². The molecule has 2 aliphatic heterocycles. The van der Waals surface area contributed by atoms with Crippen molar-refractivity contribution in [2.45, 2.75) is 89.2 Å². The number of amides is 1. The van der Waals surface area contributed by atoms with Crippen LogP contribution in [0.15, 0.2) is 24.3 Å². The van der Waals surface area contributed by atoms with Gasteiger partial charge in [0.2, 0.25) is 5.91 Å². The number of hydrogen-bond donors (Lipinski definition) is 0. The third-order valence-corrected chi connectivity index (χ3v) is 11.0. The fourth-order valence-electron chi connectivity index (χ4n) is 4.08. The Labute approximate surface area is 158 Å². The van der Waals surface area contributed by atoms with E-state index in [0.29, 0.717) is 6.42 Å². The van der Waals surface area contributed by atoms with Gasteiger partial charge in [0.25, 0.3) is 0 Å². The van der Waals surface area contributed by atoms with E-state index < -0.39 is 8.32 Å². The lowest BCUT2D eigenvalue weighted by Crippen LogP contribution is -2.54. The van der Waals surface area contributed by atoms with Crippen LogP contribution in [0.25, 0.3) is 0 Å². The molecular weight excluding hydrogens is 345 g/mol. The van der Waals surface area contributed by atoms with Gasteiger partial charge in [-0.2, -0.15) is 0 Å². The summed E-state index contributed by atoms with van der Waals surface area (Å²) >= 11 is 0. The smallest absolute Gasteiger partial charge is 0.223 e. The molecule has 0 unspecified atom stereocenters. The van der Waals surface area contributed by atoms with Crippen LogP contribution >= 0.6 is 0 Å². The Morgan fingerprint density at radius 3 is 2.62 bits per heavy atom. The van der Waals surface area contributed by atoms with E-state index in [0.717, 1.165) is 31.2 Å². The predicted molar refractivity (Wildman–Crippen MR) is 105 cm³/mol. The molecule has 1 aromatic carbocycles. The first kappa shape index (κ1) is 19.6. The summed E-state index contributed by atoms with van der Waals surface area (Å²) in [6.45, 7) is 11.3. The lowest BCUT2D eigenvalue weighted by Gasteiger charge is -2.50. The Bertz CT molecular complexity index is 670. The highest BCUT2D eigenvalue weighted by atomic mass is 28.4.